The largest absolute Gasteiger partial charge is 0.477 e. The maximum absolute atomic E-state index is 13.2. The Morgan fingerprint density at radius 3 is 2.54 bits per heavy atom. The zero-order valence-electron chi connectivity index (χ0n) is 13.7. The lowest BCUT2D eigenvalue weighted by molar-refractivity contribution is 0.0967. The molecule has 1 aliphatic rings. The minimum absolute atomic E-state index is 0.260. The molecule has 1 aromatic carbocycles. The molecule has 24 heavy (non-hydrogen) atoms. The van der Waals surface area contributed by atoms with Crippen molar-refractivity contribution < 1.29 is 9.13 Å². The highest BCUT2D eigenvalue weighted by Crippen LogP contribution is 2.26. The van der Waals surface area contributed by atoms with Gasteiger partial charge < -0.3 is 21.1 Å². The summed E-state index contributed by atoms with van der Waals surface area (Å²) in [6.45, 7) is 7.34. The third-order valence-electron chi connectivity index (χ3n) is 3.38. The van der Waals surface area contributed by atoms with Gasteiger partial charge in [0.2, 0.25) is 0 Å². The Morgan fingerprint density at radius 1 is 1.33 bits per heavy atom. The van der Waals surface area contributed by atoms with Gasteiger partial charge in [-0.05, 0) is 49.8 Å². The van der Waals surface area contributed by atoms with Crippen LogP contribution in [0.3, 0.4) is 0 Å². The predicted molar refractivity (Wildman–Crippen MR) is 94.6 cm³/mol. The van der Waals surface area contributed by atoms with Crippen molar-refractivity contribution >= 4 is 11.9 Å². The summed E-state index contributed by atoms with van der Waals surface area (Å²) in [6, 6.07) is 5.90. The molecule has 2 rings (SSSR count). The Kier molecular flexibility index (Phi) is 5.42. The maximum atomic E-state index is 13.2. The monoisotopic (exact) mass is 328 g/mol. The summed E-state index contributed by atoms with van der Waals surface area (Å²) in [5, 5.41) is 0. The molecule has 5 nitrogen and oxygen atoms in total. The van der Waals surface area contributed by atoms with Crippen LogP contribution in [-0.4, -0.2) is 17.3 Å². The van der Waals surface area contributed by atoms with Crippen LogP contribution in [0.15, 0.2) is 71.5 Å². The van der Waals surface area contributed by atoms with Crippen molar-refractivity contribution in [2.24, 2.45) is 16.5 Å². The third-order valence-corrected chi connectivity index (χ3v) is 3.38. The van der Waals surface area contributed by atoms with Crippen LogP contribution in [-0.2, 0) is 4.74 Å². The average molecular weight is 328 g/mol. The van der Waals surface area contributed by atoms with E-state index in [1.807, 2.05) is 6.92 Å². The summed E-state index contributed by atoms with van der Waals surface area (Å²) in [5.41, 5.74) is 15.2. The Labute approximate surface area is 141 Å². The number of allylic oxidation sites excluding steroid dienone is 2. The molecule has 1 aliphatic heterocycles. The molecule has 4 N–H and O–H groups in total. The van der Waals surface area contributed by atoms with E-state index >= 15 is 0 Å². The van der Waals surface area contributed by atoms with E-state index in [9.17, 15) is 4.39 Å². The highest BCUT2D eigenvalue weighted by Gasteiger charge is 2.24. The zero-order valence-corrected chi connectivity index (χ0v) is 13.7. The smallest absolute Gasteiger partial charge is 0.172 e. The molecule has 126 valence electrons. The molecule has 0 amide bonds. The molecule has 0 spiro atoms. The number of rotatable bonds is 5. The topological polar surface area (TPSA) is 76.9 Å². The summed E-state index contributed by atoms with van der Waals surface area (Å²) < 4.78 is 18.6. The number of ether oxygens (including phenoxy) is 1. The van der Waals surface area contributed by atoms with E-state index in [4.69, 9.17) is 16.2 Å². The van der Waals surface area contributed by atoms with Crippen molar-refractivity contribution in [3.05, 3.63) is 77.9 Å². The number of hydrogen-bond donors (Lipinski definition) is 2. The molecular weight excluding hydrogens is 307 g/mol. The predicted octanol–water partition coefficient (Wildman–Crippen LogP) is 3.05. The van der Waals surface area contributed by atoms with Crippen LogP contribution < -0.4 is 11.5 Å². The summed E-state index contributed by atoms with van der Waals surface area (Å²) in [5.74, 6) is -0.331. The van der Waals surface area contributed by atoms with Gasteiger partial charge in [0.05, 0.1) is 17.1 Å². The fourth-order valence-electron chi connectivity index (χ4n) is 2.19. The quantitative estimate of drug-likeness (QED) is 0.643. The Balaban J connectivity index is 2.49. The van der Waals surface area contributed by atoms with Crippen molar-refractivity contribution in [3.63, 3.8) is 0 Å². The second kappa shape index (κ2) is 7.50. The summed E-state index contributed by atoms with van der Waals surface area (Å²) in [6.07, 6.45) is 6.24. The first-order valence-corrected chi connectivity index (χ1v) is 7.42. The molecule has 0 saturated heterocycles. The molecule has 6 heteroatoms. The molecule has 0 saturated carbocycles. The second-order valence-corrected chi connectivity index (χ2v) is 5.33. The lowest BCUT2D eigenvalue weighted by atomic mass is 10.1. The fraction of sp³-hybridized carbons (Fsp3) is 0.167. The van der Waals surface area contributed by atoms with E-state index < -0.39 is 0 Å². The normalized spacial score (nSPS) is 18.7. The first kappa shape index (κ1) is 17.3. The van der Waals surface area contributed by atoms with Gasteiger partial charge in [0.25, 0.3) is 0 Å². The van der Waals surface area contributed by atoms with Gasteiger partial charge >= 0.3 is 0 Å². The minimum Gasteiger partial charge on any atom is -0.477 e. The number of nitrogens with two attached hydrogens (primary N) is 2. The van der Waals surface area contributed by atoms with Crippen LogP contribution in [0, 0.1) is 5.82 Å². The number of hydrogen-bond acceptors (Lipinski definition) is 5. The van der Waals surface area contributed by atoms with Gasteiger partial charge in [-0.1, -0.05) is 6.58 Å². The first-order chi connectivity index (χ1) is 11.4. The van der Waals surface area contributed by atoms with E-state index in [0.717, 1.165) is 0 Å². The molecule has 0 radical (unpaired) electrons. The maximum Gasteiger partial charge on any atom is 0.172 e. The molecule has 0 bridgehead atoms. The van der Waals surface area contributed by atoms with E-state index in [1.54, 1.807) is 48.7 Å². The number of halogens is 1. The van der Waals surface area contributed by atoms with Crippen LogP contribution >= 0.6 is 0 Å². The molecule has 0 aliphatic carbocycles. The fourth-order valence-corrected chi connectivity index (χ4v) is 2.19. The van der Waals surface area contributed by atoms with Gasteiger partial charge in [-0.2, -0.15) is 0 Å². The lowest BCUT2D eigenvalue weighted by Gasteiger charge is -2.26. The highest BCUT2D eigenvalue weighted by molar-refractivity contribution is 5.77. The number of nitrogens with zero attached hydrogens (tertiary/aromatic N) is 2. The van der Waals surface area contributed by atoms with Gasteiger partial charge in [0.15, 0.2) is 6.23 Å². The van der Waals surface area contributed by atoms with Crippen LogP contribution in [0.5, 0.6) is 0 Å². The number of benzene rings is 1. The van der Waals surface area contributed by atoms with E-state index in [0.29, 0.717) is 28.4 Å². The lowest BCUT2D eigenvalue weighted by Crippen LogP contribution is -2.29. The van der Waals surface area contributed by atoms with E-state index in [1.165, 1.54) is 12.1 Å². The van der Waals surface area contributed by atoms with Gasteiger partial charge in [-0.25, -0.2) is 4.39 Å². The van der Waals surface area contributed by atoms with Gasteiger partial charge in [0, 0.05) is 18.1 Å². The SMILES string of the molecule is C=C(C)\N=C/C=C(N)/C(=C(/N)c1ccc(F)cc1)N1C=COC1C. The van der Waals surface area contributed by atoms with Gasteiger partial charge in [0.1, 0.15) is 12.1 Å². The number of aliphatic imine (C=N–C) groups is 1. The van der Waals surface area contributed by atoms with E-state index in [2.05, 4.69) is 11.6 Å². The van der Waals surface area contributed by atoms with Gasteiger partial charge in [-0.3, -0.25) is 4.99 Å². The van der Waals surface area contributed by atoms with Crippen molar-refractivity contribution in [2.45, 2.75) is 20.1 Å². The van der Waals surface area contributed by atoms with Crippen molar-refractivity contribution in [1.82, 2.24) is 4.90 Å². The Hall–Kier alpha value is -3.02. The summed E-state index contributed by atoms with van der Waals surface area (Å²) in [4.78, 5) is 5.88. The molecular formula is C18H21FN4O. The standard InChI is InChI=1S/C18H21FN4O/c1-12(2)22-9-8-16(20)18(23-10-11-24-13(23)3)17(21)14-4-6-15(19)7-5-14/h4-11,13H,1,20-21H2,2-3H3/b16-8-,18-17-,22-9-. The second-order valence-electron chi connectivity index (χ2n) is 5.33. The average Bonchev–Trinajstić information content (AvgIpc) is 2.94. The first-order valence-electron chi connectivity index (χ1n) is 7.42. The molecule has 1 unspecified atom stereocenters. The van der Waals surface area contributed by atoms with Crippen molar-refractivity contribution in [2.75, 3.05) is 0 Å². The van der Waals surface area contributed by atoms with Crippen molar-refractivity contribution in [3.8, 4) is 0 Å². The molecule has 1 atom stereocenters. The van der Waals surface area contributed by atoms with Crippen LogP contribution in [0.25, 0.3) is 5.70 Å². The van der Waals surface area contributed by atoms with Crippen LogP contribution in [0.1, 0.15) is 19.4 Å². The minimum atomic E-state index is -0.331. The summed E-state index contributed by atoms with van der Waals surface area (Å²) >= 11 is 0. The van der Waals surface area contributed by atoms with Gasteiger partial charge in [-0.15, -0.1) is 0 Å². The van der Waals surface area contributed by atoms with Crippen LogP contribution in [0.4, 0.5) is 4.39 Å². The Morgan fingerprint density at radius 2 is 2.00 bits per heavy atom. The molecule has 0 aromatic heterocycles. The summed E-state index contributed by atoms with van der Waals surface area (Å²) in [7, 11) is 0. The highest BCUT2D eigenvalue weighted by atomic mass is 19.1. The van der Waals surface area contributed by atoms with Crippen molar-refractivity contribution in [1.29, 1.82) is 0 Å². The molecule has 1 aromatic rings. The molecule has 1 heterocycles. The van der Waals surface area contributed by atoms with E-state index in [-0.39, 0.29) is 12.0 Å². The van der Waals surface area contributed by atoms with Crippen LogP contribution in [0.2, 0.25) is 0 Å². The molecule has 0 fully saturated rings. The zero-order chi connectivity index (χ0) is 17.7. The third kappa shape index (κ3) is 4.04. The Bertz CT molecular complexity index is 732.